The number of hydrogen-bond donors (Lipinski definition) is 0. The first-order valence-corrected chi connectivity index (χ1v) is 16.5. The standard InChI is InChI=1S/C36H42O5Si/c1-36(2,3)42(37-4,31-23-15-8-16-24-31)41-35-33(30-21-13-7-14-22-30)40-32(27-38-25-28-17-9-5-10-18-28)34(35)39-26-29-19-11-6-12-20-29/h5-24,32-35H,25-27H2,1-4H3/t32-,33-,34+,35+,42?/m1/s1. The Labute approximate surface area is 251 Å². The van der Waals surface area contributed by atoms with Crippen LogP contribution in [0.4, 0.5) is 0 Å². The van der Waals surface area contributed by atoms with Crippen molar-refractivity contribution in [3.63, 3.8) is 0 Å². The van der Waals surface area contributed by atoms with E-state index in [0.717, 1.165) is 21.9 Å². The van der Waals surface area contributed by atoms with Crippen LogP contribution in [0.2, 0.25) is 5.04 Å². The van der Waals surface area contributed by atoms with Crippen LogP contribution in [-0.4, -0.2) is 40.6 Å². The molecule has 0 aromatic heterocycles. The molecule has 1 fully saturated rings. The lowest BCUT2D eigenvalue weighted by atomic mass is 10.0. The Hall–Kier alpha value is -3.10. The molecule has 1 aliphatic rings. The molecule has 0 radical (unpaired) electrons. The lowest BCUT2D eigenvalue weighted by Gasteiger charge is -2.43. The normalized spacial score (nSPS) is 22.1. The third-order valence-electron chi connectivity index (χ3n) is 7.85. The van der Waals surface area contributed by atoms with Gasteiger partial charge in [0.2, 0.25) is 0 Å². The molecule has 0 bridgehead atoms. The third kappa shape index (κ3) is 6.92. The summed E-state index contributed by atoms with van der Waals surface area (Å²) in [4.78, 5) is 0. The van der Waals surface area contributed by atoms with Crippen molar-refractivity contribution in [2.45, 2.75) is 63.4 Å². The molecule has 5 nitrogen and oxygen atoms in total. The molecule has 0 N–H and O–H groups in total. The smallest absolute Gasteiger partial charge is 0.378 e. The highest BCUT2D eigenvalue weighted by Crippen LogP contribution is 2.44. The molecule has 1 aliphatic heterocycles. The van der Waals surface area contributed by atoms with Crippen LogP contribution in [0.1, 0.15) is 43.6 Å². The van der Waals surface area contributed by atoms with E-state index >= 15 is 0 Å². The molecule has 4 aromatic rings. The molecule has 0 spiro atoms. The fourth-order valence-corrected chi connectivity index (χ4v) is 9.31. The molecule has 1 heterocycles. The zero-order chi connectivity index (χ0) is 29.4. The van der Waals surface area contributed by atoms with Gasteiger partial charge in [0.1, 0.15) is 24.4 Å². The molecular weight excluding hydrogens is 540 g/mol. The SMILES string of the molecule is CO[Si](O[C@@H]1[C@@H](OCc2ccccc2)[C@@H](COCc2ccccc2)O[C@@H]1c1ccccc1)(c1ccccc1)C(C)(C)C. The van der Waals surface area contributed by atoms with Gasteiger partial charge in [0, 0.05) is 12.1 Å². The maximum Gasteiger partial charge on any atom is 0.378 e. The van der Waals surface area contributed by atoms with Gasteiger partial charge in [0.15, 0.2) is 0 Å². The quantitative estimate of drug-likeness (QED) is 0.167. The highest BCUT2D eigenvalue weighted by Gasteiger charge is 2.57. The molecule has 5 atom stereocenters. The molecule has 0 saturated carbocycles. The fourth-order valence-electron chi connectivity index (χ4n) is 5.74. The van der Waals surface area contributed by atoms with Crippen molar-refractivity contribution < 1.29 is 23.1 Å². The van der Waals surface area contributed by atoms with Gasteiger partial charge in [-0.25, -0.2) is 0 Å². The van der Waals surface area contributed by atoms with Crippen molar-refractivity contribution >= 4 is 13.7 Å². The lowest BCUT2D eigenvalue weighted by Crippen LogP contribution is -2.62. The van der Waals surface area contributed by atoms with Crippen molar-refractivity contribution in [2.75, 3.05) is 13.7 Å². The van der Waals surface area contributed by atoms with Crippen molar-refractivity contribution in [2.24, 2.45) is 0 Å². The van der Waals surface area contributed by atoms with E-state index in [1.165, 1.54) is 0 Å². The van der Waals surface area contributed by atoms with Gasteiger partial charge in [0.25, 0.3) is 0 Å². The van der Waals surface area contributed by atoms with Crippen molar-refractivity contribution in [1.82, 2.24) is 0 Å². The van der Waals surface area contributed by atoms with E-state index in [4.69, 9.17) is 23.1 Å². The van der Waals surface area contributed by atoms with Crippen LogP contribution in [0, 0.1) is 0 Å². The number of ether oxygens (including phenoxy) is 3. The zero-order valence-corrected chi connectivity index (χ0v) is 26.0. The summed E-state index contributed by atoms with van der Waals surface area (Å²) in [5, 5.41) is 0.799. The van der Waals surface area contributed by atoms with Gasteiger partial charge in [-0.1, -0.05) is 142 Å². The number of rotatable bonds is 12. The van der Waals surface area contributed by atoms with Crippen LogP contribution in [0.5, 0.6) is 0 Å². The Balaban J connectivity index is 1.51. The second kappa shape index (κ2) is 13.9. The van der Waals surface area contributed by atoms with E-state index in [1.54, 1.807) is 7.11 Å². The largest absolute Gasteiger partial charge is 0.394 e. The maximum absolute atomic E-state index is 7.37. The van der Waals surface area contributed by atoms with Crippen LogP contribution in [-0.2, 0) is 36.3 Å². The highest BCUT2D eigenvalue weighted by molar-refractivity contribution is 6.83. The van der Waals surface area contributed by atoms with Gasteiger partial charge >= 0.3 is 8.56 Å². The molecule has 6 heteroatoms. The Morgan fingerprint density at radius 3 is 1.74 bits per heavy atom. The molecular formula is C36H42O5Si. The van der Waals surface area contributed by atoms with Gasteiger partial charge in [-0.05, 0) is 21.9 Å². The van der Waals surface area contributed by atoms with Crippen molar-refractivity contribution in [3.05, 3.63) is 138 Å². The summed E-state index contributed by atoms with van der Waals surface area (Å²) in [6.45, 7) is 7.90. The summed E-state index contributed by atoms with van der Waals surface area (Å²) in [6, 6.07) is 41.1. The molecule has 1 unspecified atom stereocenters. The van der Waals surface area contributed by atoms with Gasteiger partial charge in [-0.2, -0.15) is 0 Å². The Bertz CT molecular complexity index is 1350. The molecule has 5 rings (SSSR count). The number of hydrogen-bond acceptors (Lipinski definition) is 5. The topological polar surface area (TPSA) is 46.2 Å². The molecule has 220 valence electrons. The van der Waals surface area contributed by atoms with E-state index in [1.807, 2.05) is 60.7 Å². The fraction of sp³-hybridized carbons (Fsp3) is 0.333. The first kappa shape index (κ1) is 30.4. The maximum atomic E-state index is 7.37. The summed E-state index contributed by atoms with van der Waals surface area (Å²) >= 11 is 0. The predicted octanol–water partition coefficient (Wildman–Crippen LogP) is 7.11. The van der Waals surface area contributed by atoms with Crippen LogP contribution < -0.4 is 5.19 Å². The van der Waals surface area contributed by atoms with Gasteiger partial charge in [-0.15, -0.1) is 0 Å². The monoisotopic (exact) mass is 582 g/mol. The van der Waals surface area contributed by atoms with E-state index < -0.39 is 14.7 Å². The Morgan fingerprint density at radius 1 is 0.667 bits per heavy atom. The van der Waals surface area contributed by atoms with Gasteiger partial charge in [-0.3, -0.25) is 0 Å². The van der Waals surface area contributed by atoms with Crippen LogP contribution in [0.25, 0.3) is 0 Å². The van der Waals surface area contributed by atoms with Crippen molar-refractivity contribution in [1.29, 1.82) is 0 Å². The van der Waals surface area contributed by atoms with Gasteiger partial charge in [0.05, 0.1) is 19.8 Å². The first-order valence-electron chi connectivity index (χ1n) is 14.7. The van der Waals surface area contributed by atoms with E-state index in [0.29, 0.717) is 19.8 Å². The highest BCUT2D eigenvalue weighted by atomic mass is 28.4. The van der Waals surface area contributed by atoms with E-state index in [2.05, 4.69) is 81.4 Å². The Morgan fingerprint density at radius 2 is 1.19 bits per heavy atom. The molecule has 42 heavy (non-hydrogen) atoms. The first-order chi connectivity index (χ1) is 20.4. The summed E-state index contributed by atoms with van der Waals surface area (Å²) in [7, 11) is -1.28. The van der Waals surface area contributed by atoms with Crippen LogP contribution >= 0.6 is 0 Å². The van der Waals surface area contributed by atoms with E-state index in [9.17, 15) is 0 Å². The summed E-state index contributed by atoms with van der Waals surface area (Å²) in [5.41, 5.74) is 3.26. The lowest BCUT2D eigenvalue weighted by molar-refractivity contribution is -0.0772. The second-order valence-corrected chi connectivity index (χ2v) is 15.7. The minimum absolute atomic E-state index is 0.282. The van der Waals surface area contributed by atoms with Crippen LogP contribution in [0.15, 0.2) is 121 Å². The molecule has 0 aliphatic carbocycles. The molecule has 1 saturated heterocycles. The minimum atomic E-state index is -3.05. The Kier molecular flexibility index (Phi) is 10.1. The predicted molar refractivity (Wildman–Crippen MR) is 169 cm³/mol. The number of benzene rings is 4. The van der Waals surface area contributed by atoms with Crippen LogP contribution in [0.3, 0.4) is 0 Å². The summed E-state index contributed by atoms with van der Waals surface area (Å²) in [6.07, 6.45) is -1.51. The average molecular weight is 583 g/mol. The van der Waals surface area contributed by atoms with Gasteiger partial charge < -0.3 is 23.1 Å². The third-order valence-corrected chi connectivity index (χ3v) is 12.1. The minimum Gasteiger partial charge on any atom is -0.394 e. The average Bonchev–Trinajstić information content (AvgIpc) is 3.36. The summed E-state index contributed by atoms with van der Waals surface area (Å²) in [5.74, 6) is 0. The van der Waals surface area contributed by atoms with E-state index in [-0.39, 0.29) is 23.4 Å². The second-order valence-electron chi connectivity index (χ2n) is 11.8. The summed E-state index contributed by atoms with van der Waals surface area (Å²) < 4.78 is 33.7. The molecule has 4 aromatic carbocycles. The van der Waals surface area contributed by atoms with Crippen molar-refractivity contribution in [3.8, 4) is 0 Å². The zero-order valence-electron chi connectivity index (χ0n) is 25.0. The molecule has 0 amide bonds.